The van der Waals surface area contributed by atoms with E-state index in [9.17, 15) is 4.79 Å². The van der Waals surface area contributed by atoms with Gasteiger partial charge in [0.1, 0.15) is 0 Å². The number of amides is 1. The van der Waals surface area contributed by atoms with Gasteiger partial charge in [0.15, 0.2) is 0 Å². The Morgan fingerprint density at radius 2 is 1.56 bits per heavy atom. The standard InChI is InChI=1S/C16H25NO/c1-11(2)12(3)17-15(18)13-7-9-14(10-8-13)16(4,5)6/h7-12H,1-6H3,(H,17,18)/t12-/m0/s1. The lowest BCUT2D eigenvalue weighted by Crippen LogP contribution is -2.36. The first-order valence-corrected chi connectivity index (χ1v) is 6.63. The van der Waals surface area contributed by atoms with Crippen molar-refractivity contribution in [1.82, 2.24) is 5.32 Å². The van der Waals surface area contributed by atoms with E-state index >= 15 is 0 Å². The molecule has 0 saturated carbocycles. The van der Waals surface area contributed by atoms with E-state index in [0.717, 1.165) is 5.56 Å². The molecule has 1 amide bonds. The van der Waals surface area contributed by atoms with Gasteiger partial charge in [0.25, 0.3) is 5.91 Å². The zero-order valence-electron chi connectivity index (χ0n) is 12.4. The number of hydrogen-bond donors (Lipinski definition) is 1. The van der Waals surface area contributed by atoms with E-state index in [1.165, 1.54) is 5.56 Å². The molecule has 0 aliphatic carbocycles. The van der Waals surface area contributed by atoms with Crippen LogP contribution in [0.1, 0.15) is 57.5 Å². The number of carbonyl (C=O) groups is 1. The van der Waals surface area contributed by atoms with E-state index in [1.807, 2.05) is 31.2 Å². The van der Waals surface area contributed by atoms with Crippen LogP contribution >= 0.6 is 0 Å². The molecule has 18 heavy (non-hydrogen) atoms. The Bertz CT molecular complexity index is 398. The molecule has 1 atom stereocenters. The molecule has 0 aromatic heterocycles. The van der Waals surface area contributed by atoms with Gasteiger partial charge in [-0.1, -0.05) is 46.8 Å². The Labute approximate surface area is 111 Å². The normalized spacial score (nSPS) is 13.5. The smallest absolute Gasteiger partial charge is 0.251 e. The maximum absolute atomic E-state index is 12.0. The number of benzene rings is 1. The molecule has 0 saturated heterocycles. The summed E-state index contributed by atoms with van der Waals surface area (Å²) in [6, 6.07) is 8.08. The molecule has 0 aliphatic rings. The maximum atomic E-state index is 12.0. The van der Waals surface area contributed by atoms with Gasteiger partial charge in [-0.2, -0.15) is 0 Å². The molecule has 0 spiro atoms. The largest absolute Gasteiger partial charge is 0.349 e. The zero-order valence-corrected chi connectivity index (χ0v) is 12.4. The highest BCUT2D eigenvalue weighted by molar-refractivity contribution is 5.94. The molecule has 100 valence electrons. The average Bonchev–Trinajstić information content (AvgIpc) is 2.27. The monoisotopic (exact) mass is 247 g/mol. The van der Waals surface area contributed by atoms with Gasteiger partial charge in [0.2, 0.25) is 0 Å². The zero-order chi connectivity index (χ0) is 13.9. The molecule has 0 unspecified atom stereocenters. The summed E-state index contributed by atoms with van der Waals surface area (Å²) in [4.78, 5) is 12.0. The van der Waals surface area contributed by atoms with Crippen LogP contribution < -0.4 is 5.32 Å². The van der Waals surface area contributed by atoms with Gasteiger partial charge in [0, 0.05) is 11.6 Å². The molecule has 1 aromatic carbocycles. The van der Waals surface area contributed by atoms with Gasteiger partial charge in [-0.15, -0.1) is 0 Å². The predicted molar refractivity (Wildman–Crippen MR) is 76.9 cm³/mol. The van der Waals surface area contributed by atoms with E-state index in [-0.39, 0.29) is 17.4 Å². The van der Waals surface area contributed by atoms with Gasteiger partial charge in [-0.3, -0.25) is 4.79 Å². The molecule has 0 aliphatic heterocycles. The first-order valence-electron chi connectivity index (χ1n) is 6.63. The molecule has 1 N–H and O–H groups in total. The van der Waals surface area contributed by atoms with Crippen molar-refractivity contribution in [1.29, 1.82) is 0 Å². The second kappa shape index (κ2) is 5.55. The van der Waals surface area contributed by atoms with Crippen LogP contribution in [0.25, 0.3) is 0 Å². The van der Waals surface area contributed by atoms with Crippen LogP contribution in [-0.4, -0.2) is 11.9 Å². The Kier molecular flexibility index (Phi) is 4.55. The van der Waals surface area contributed by atoms with Crippen LogP contribution in [0.5, 0.6) is 0 Å². The maximum Gasteiger partial charge on any atom is 0.251 e. The van der Waals surface area contributed by atoms with E-state index in [2.05, 4.69) is 39.9 Å². The van der Waals surface area contributed by atoms with Crippen molar-refractivity contribution < 1.29 is 4.79 Å². The number of nitrogens with one attached hydrogen (secondary N) is 1. The van der Waals surface area contributed by atoms with Gasteiger partial charge < -0.3 is 5.32 Å². The first kappa shape index (κ1) is 14.7. The van der Waals surface area contributed by atoms with Crippen molar-refractivity contribution in [2.24, 2.45) is 5.92 Å². The van der Waals surface area contributed by atoms with E-state index < -0.39 is 0 Å². The number of rotatable bonds is 3. The van der Waals surface area contributed by atoms with Crippen LogP contribution in [0, 0.1) is 5.92 Å². The molecular formula is C16H25NO. The van der Waals surface area contributed by atoms with Crippen LogP contribution in [0.2, 0.25) is 0 Å². The third kappa shape index (κ3) is 3.86. The van der Waals surface area contributed by atoms with Gasteiger partial charge >= 0.3 is 0 Å². The SMILES string of the molecule is CC(C)[C@H](C)NC(=O)c1ccc(C(C)(C)C)cc1. The fourth-order valence-corrected chi connectivity index (χ4v) is 1.58. The second-order valence-corrected chi connectivity index (χ2v) is 6.33. The van der Waals surface area contributed by atoms with Crippen LogP contribution in [0.4, 0.5) is 0 Å². The van der Waals surface area contributed by atoms with Gasteiger partial charge in [0.05, 0.1) is 0 Å². The van der Waals surface area contributed by atoms with Crippen LogP contribution in [-0.2, 0) is 5.41 Å². The highest BCUT2D eigenvalue weighted by atomic mass is 16.1. The topological polar surface area (TPSA) is 29.1 Å². The molecule has 0 bridgehead atoms. The predicted octanol–water partition coefficient (Wildman–Crippen LogP) is 3.76. The lowest BCUT2D eigenvalue weighted by molar-refractivity contribution is 0.0930. The lowest BCUT2D eigenvalue weighted by atomic mass is 9.86. The third-order valence-corrected chi connectivity index (χ3v) is 3.37. The van der Waals surface area contributed by atoms with Crippen molar-refractivity contribution in [2.75, 3.05) is 0 Å². The lowest BCUT2D eigenvalue weighted by Gasteiger charge is -2.20. The Morgan fingerprint density at radius 3 is 1.94 bits per heavy atom. The summed E-state index contributed by atoms with van der Waals surface area (Å²) in [5, 5.41) is 3.01. The molecule has 2 heteroatoms. The molecular weight excluding hydrogens is 222 g/mol. The van der Waals surface area contributed by atoms with Crippen molar-refractivity contribution in [3.05, 3.63) is 35.4 Å². The average molecular weight is 247 g/mol. The van der Waals surface area contributed by atoms with Gasteiger partial charge in [-0.25, -0.2) is 0 Å². The van der Waals surface area contributed by atoms with Crippen molar-refractivity contribution in [2.45, 2.75) is 53.0 Å². The summed E-state index contributed by atoms with van der Waals surface area (Å²) >= 11 is 0. The minimum atomic E-state index is 0.0108. The quantitative estimate of drug-likeness (QED) is 0.865. The van der Waals surface area contributed by atoms with Gasteiger partial charge in [-0.05, 0) is 36.0 Å². The molecule has 0 heterocycles. The minimum absolute atomic E-state index is 0.0108. The second-order valence-electron chi connectivity index (χ2n) is 6.33. The van der Waals surface area contributed by atoms with E-state index in [4.69, 9.17) is 0 Å². The highest BCUT2D eigenvalue weighted by Crippen LogP contribution is 2.22. The summed E-state index contributed by atoms with van der Waals surface area (Å²) in [5.74, 6) is 0.458. The Hall–Kier alpha value is -1.31. The molecule has 0 radical (unpaired) electrons. The summed E-state index contributed by atoms with van der Waals surface area (Å²) in [7, 11) is 0. The van der Waals surface area contributed by atoms with E-state index in [0.29, 0.717) is 5.92 Å². The number of carbonyl (C=O) groups excluding carboxylic acids is 1. The Balaban J connectivity index is 2.77. The summed E-state index contributed by atoms with van der Waals surface area (Å²) in [6.45, 7) is 12.8. The molecule has 1 rings (SSSR count). The third-order valence-electron chi connectivity index (χ3n) is 3.37. The Morgan fingerprint density at radius 1 is 1.06 bits per heavy atom. The van der Waals surface area contributed by atoms with Crippen molar-refractivity contribution in [3.63, 3.8) is 0 Å². The van der Waals surface area contributed by atoms with Crippen LogP contribution in [0.3, 0.4) is 0 Å². The first-order chi connectivity index (χ1) is 8.21. The fraction of sp³-hybridized carbons (Fsp3) is 0.562. The minimum Gasteiger partial charge on any atom is -0.349 e. The molecule has 1 aromatic rings. The molecule has 0 fully saturated rings. The van der Waals surface area contributed by atoms with Crippen LogP contribution in [0.15, 0.2) is 24.3 Å². The number of hydrogen-bond acceptors (Lipinski definition) is 1. The summed E-state index contributed by atoms with van der Waals surface area (Å²) in [5.41, 5.74) is 2.10. The fourth-order valence-electron chi connectivity index (χ4n) is 1.58. The van der Waals surface area contributed by atoms with Crippen molar-refractivity contribution >= 4 is 5.91 Å². The summed E-state index contributed by atoms with van der Waals surface area (Å²) in [6.07, 6.45) is 0. The highest BCUT2D eigenvalue weighted by Gasteiger charge is 2.15. The summed E-state index contributed by atoms with van der Waals surface area (Å²) < 4.78 is 0. The van der Waals surface area contributed by atoms with Crippen molar-refractivity contribution in [3.8, 4) is 0 Å². The van der Waals surface area contributed by atoms with E-state index in [1.54, 1.807) is 0 Å². The molecule has 2 nitrogen and oxygen atoms in total.